The Morgan fingerprint density at radius 1 is 1.00 bits per heavy atom. The lowest BCUT2D eigenvalue weighted by molar-refractivity contribution is 0.174. The third-order valence-corrected chi connectivity index (χ3v) is 4.62. The number of ether oxygens (including phenoxy) is 2. The molecule has 8 heteroatoms. The fourth-order valence-corrected chi connectivity index (χ4v) is 3.20. The summed E-state index contributed by atoms with van der Waals surface area (Å²) in [7, 11) is 0. The Kier molecular flexibility index (Phi) is 3.65. The van der Waals surface area contributed by atoms with E-state index in [-0.39, 0.29) is 24.5 Å². The topological polar surface area (TPSA) is 57.8 Å². The van der Waals surface area contributed by atoms with Gasteiger partial charge in [0.2, 0.25) is 6.79 Å². The number of halogens is 2. The Balaban J connectivity index is 1.55. The molecule has 0 radical (unpaired) electrons. The molecule has 0 saturated heterocycles. The molecular weight excluding hydrogens is 368 g/mol. The van der Waals surface area contributed by atoms with Crippen molar-refractivity contribution < 1.29 is 18.3 Å². The first-order chi connectivity index (χ1) is 13.6. The lowest BCUT2D eigenvalue weighted by Crippen LogP contribution is -2.22. The van der Waals surface area contributed by atoms with Gasteiger partial charge in [0.1, 0.15) is 17.2 Å². The molecule has 0 atom stereocenters. The van der Waals surface area contributed by atoms with Gasteiger partial charge in [0.25, 0.3) is 5.56 Å². The molecule has 0 unspecified atom stereocenters. The van der Waals surface area contributed by atoms with Gasteiger partial charge in [-0.3, -0.25) is 4.79 Å². The van der Waals surface area contributed by atoms with E-state index in [0.29, 0.717) is 22.7 Å². The summed E-state index contributed by atoms with van der Waals surface area (Å²) in [5.74, 6) is 0.156. The zero-order valence-corrected chi connectivity index (χ0v) is 14.4. The molecule has 2 aromatic carbocycles. The Labute approximate surface area is 157 Å². The molecule has 1 aliphatic heterocycles. The molecule has 28 heavy (non-hydrogen) atoms. The minimum atomic E-state index is -0.567. The van der Waals surface area contributed by atoms with Crippen molar-refractivity contribution in [3.8, 4) is 22.8 Å². The summed E-state index contributed by atoms with van der Waals surface area (Å²) in [5, 5.41) is 4.42. The average Bonchev–Trinajstić information content (AvgIpc) is 3.33. The van der Waals surface area contributed by atoms with Crippen LogP contribution in [0.5, 0.6) is 11.5 Å². The molecule has 140 valence electrons. The SMILES string of the molecule is O=c1c2cc(-c3ccc4c(c3)OCO4)nn2ccn1Cc1cc(F)ccc1F. The second kappa shape index (κ2) is 6.19. The Hall–Kier alpha value is -3.68. The molecule has 2 aromatic heterocycles. The normalized spacial score (nSPS) is 12.6. The van der Waals surface area contributed by atoms with E-state index in [2.05, 4.69) is 5.10 Å². The van der Waals surface area contributed by atoms with Gasteiger partial charge in [-0.15, -0.1) is 0 Å². The highest BCUT2D eigenvalue weighted by Crippen LogP contribution is 2.35. The molecule has 4 aromatic rings. The molecule has 6 nitrogen and oxygen atoms in total. The molecule has 0 saturated carbocycles. The maximum absolute atomic E-state index is 13.9. The molecule has 5 rings (SSSR count). The quantitative estimate of drug-likeness (QED) is 0.547. The van der Waals surface area contributed by atoms with Crippen LogP contribution in [0.25, 0.3) is 16.8 Å². The molecule has 0 spiro atoms. The first-order valence-corrected chi connectivity index (χ1v) is 8.51. The third-order valence-electron chi connectivity index (χ3n) is 4.62. The van der Waals surface area contributed by atoms with Crippen molar-refractivity contribution in [3.63, 3.8) is 0 Å². The summed E-state index contributed by atoms with van der Waals surface area (Å²) in [5.41, 5.74) is 1.43. The number of hydrogen-bond donors (Lipinski definition) is 0. The zero-order chi connectivity index (χ0) is 19.3. The third kappa shape index (κ3) is 2.70. The van der Waals surface area contributed by atoms with E-state index in [9.17, 15) is 13.6 Å². The van der Waals surface area contributed by atoms with Crippen LogP contribution in [0, 0.1) is 11.6 Å². The second-order valence-electron chi connectivity index (χ2n) is 6.39. The van der Waals surface area contributed by atoms with Crippen molar-refractivity contribution in [2.75, 3.05) is 6.79 Å². The van der Waals surface area contributed by atoms with E-state index in [0.717, 1.165) is 23.8 Å². The van der Waals surface area contributed by atoms with Gasteiger partial charge in [0.05, 0.1) is 12.2 Å². The molecule has 0 N–H and O–H groups in total. The van der Waals surface area contributed by atoms with Gasteiger partial charge in [0, 0.05) is 23.5 Å². The van der Waals surface area contributed by atoms with Crippen molar-refractivity contribution in [2.24, 2.45) is 0 Å². The monoisotopic (exact) mass is 381 g/mol. The van der Waals surface area contributed by atoms with Gasteiger partial charge >= 0.3 is 0 Å². The Bertz CT molecular complexity index is 1280. The molecular formula is C20H13F2N3O3. The smallest absolute Gasteiger partial charge is 0.276 e. The minimum Gasteiger partial charge on any atom is -0.454 e. The first-order valence-electron chi connectivity index (χ1n) is 8.51. The molecule has 0 amide bonds. The molecule has 0 fully saturated rings. The fraction of sp³-hybridized carbons (Fsp3) is 0.100. The van der Waals surface area contributed by atoms with Gasteiger partial charge < -0.3 is 14.0 Å². The van der Waals surface area contributed by atoms with E-state index in [1.54, 1.807) is 24.4 Å². The van der Waals surface area contributed by atoms with Crippen LogP contribution in [0.2, 0.25) is 0 Å². The maximum atomic E-state index is 13.9. The van der Waals surface area contributed by atoms with Crippen molar-refractivity contribution in [3.05, 3.63) is 82.4 Å². The van der Waals surface area contributed by atoms with E-state index in [4.69, 9.17) is 9.47 Å². The van der Waals surface area contributed by atoms with Crippen LogP contribution in [0.1, 0.15) is 5.56 Å². The van der Waals surface area contributed by atoms with Crippen LogP contribution >= 0.6 is 0 Å². The molecule has 0 aliphatic carbocycles. The number of aromatic nitrogens is 3. The van der Waals surface area contributed by atoms with Crippen molar-refractivity contribution in [1.82, 2.24) is 14.2 Å². The van der Waals surface area contributed by atoms with Crippen molar-refractivity contribution in [1.29, 1.82) is 0 Å². The number of nitrogens with zero attached hydrogens (tertiary/aromatic N) is 3. The van der Waals surface area contributed by atoms with E-state index >= 15 is 0 Å². The van der Waals surface area contributed by atoms with Gasteiger partial charge in [-0.25, -0.2) is 13.3 Å². The predicted molar refractivity (Wildman–Crippen MR) is 96.5 cm³/mol. The highest BCUT2D eigenvalue weighted by molar-refractivity contribution is 5.68. The predicted octanol–water partition coefficient (Wildman–Crippen LogP) is 3.22. The van der Waals surface area contributed by atoms with Gasteiger partial charge in [-0.2, -0.15) is 5.10 Å². The van der Waals surface area contributed by atoms with E-state index in [1.165, 1.54) is 15.3 Å². The minimum absolute atomic E-state index is 0.0799. The first kappa shape index (κ1) is 16.5. The number of benzene rings is 2. The standard InChI is InChI=1S/C20H13F2N3O3/c21-14-2-3-15(22)13(7-14)10-24-5-6-25-17(20(24)26)9-16(23-25)12-1-4-18-19(8-12)28-11-27-18/h1-9H,10-11H2. The van der Waals surface area contributed by atoms with Gasteiger partial charge in [0.15, 0.2) is 11.5 Å². The summed E-state index contributed by atoms with van der Waals surface area (Å²) in [4.78, 5) is 12.8. The fourth-order valence-electron chi connectivity index (χ4n) is 3.20. The zero-order valence-electron chi connectivity index (χ0n) is 14.4. The van der Waals surface area contributed by atoms with Crippen LogP contribution in [0.15, 0.2) is 59.7 Å². The number of rotatable bonds is 3. The van der Waals surface area contributed by atoms with Crippen LogP contribution in [0.3, 0.4) is 0 Å². The van der Waals surface area contributed by atoms with Crippen LogP contribution in [-0.4, -0.2) is 21.0 Å². The summed E-state index contributed by atoms with van der Waals surface area (Å²) in [6.45, 7) is 0.0920. The van der Waals surface area contributed by atoms with Crippen molar-refractivity contribution in [2.45, 2.75) is 6.54 Å². The van der Waals surface area contributed by atoms with E-state index < -0.39 is 11.6 Å². The second-order valence-corrected chi connectivity index (χ2v) is 6.39. The number of hydrogen-bond acceptors (Lipinski definition) is 4. The summed E-state index contributed by atoms with van der Waals surface area (Å²) >= 11 is 0. The van der Waals surface area contributed by atoms with Gasteiger partial charge in [-0.1, -0.05) is 0 Å². The Morgan fingerprint density at radius 2 is 1.86 bits per heavy atom. The Morgan fingerprint density at radius 3 is 2.75 bits per heavy atom. The number of fused-ring (bicyclic) bond motifs is 2. The van der Waals surface area contributed by atoms with Crippen molar-refractivity contribution >= 4 is 5.52 Å². The van der Waals surface area contributed by atoms with E-state index in [1.807, 2.05) is 6.07 Å². The molecule has 3 heterocycles. The van der Waals surface area contributed by atoms with Gasteiger partial charge in [-0.05, 0) is 42.5 Å². The maximum Gasteiger partial charge on any atom is 0.276 e. The summed E-state index contributed by atoms with van der Waals surface area (Å²) in [6, 6.07) is 10.2. The van der Waals surface area contributed by atoms with Crippen LogP contribution < -0.4 is 15.0 Å². The van der Waals surface area contributed by atoms with Crippen LogP contribution in [0.4, 0.5) is 8.78 Å². The largest absolute Gasteiger partial charge is 0.454 e. The highest BCUT2D eigenvalue weighted by atomic mass is 19.1. The highest BCUT2D eigenvalue weighted by Gasteiger charge is 2.16. The lowest BCUT2D eigenvalue weighted by atomic mass is 10.1. The molecule has 1 aliphatic rings. The summed E-state index contributed by atoms with van der Waals surface area (Å²) < 4.78 is 40.8. The summed E-state index contributed by atoms with van der Waals surface area (Å²) in [6.07, 6.45) is 3.10. The molecule has 0 bridgehead atoms. The van der Waals surface area contributed by atoms with Crippen LogP contribution in [-0.2, 0) is 6.54 Å². The average molecular weight is 381 g/mol. The lowest BCUT2D eigenvalue weighted by Gasteiger charge is -2.07.